The maximum atomic E-state index is 10.9. The largest absolute Gasteiger partial charge is 0.466 e. The van der Waals surface area contributed by atoms with Crippen LogP contribution in [0.1, 0.15) is 12.7 Å². The number of hydrogen-bond acceptors (Lipinski definition) is 6. The van der Waals surface area contributed by atoms with Gasteiger partial charge in [-0.3, -0.25) is 4.79 Å². The summed E-state index contributed by atoms with van der Waals surface area (Å²) in [4.78, 5) is 14.7. The third-order valence-corrected chi connectivity index (χ3v) is 1.67. The molecule has 0 saturated carbocycles. The monoisotopic (exact) mass is 223 g/mol. The predicted molar refractivity (Wildman–Crippen MR) is 51.9 cm³/mol. The van der Waals surface area contributed by atoms with Crippen molar-refractivity contribution in [1.82, 2.24) is 9.36 Å². The standard InChI is InChI=1S/C6H9N3O2S.ClH/c1-2-11-5(10)3-4-8-6(7)12-9-4;/h2-3H2,1H3,(H2,7,8,9);1H. The Balaban J connectivity index is 0.00000144. The summed E-state index contributed by atoms with van der Waals surface area (Å²) in [6.07, 6.45) is 0.0987. The summed E-state index contributed by atoms with van der Waals surface area (Å²) in [5, 5.41) is 0.370. The third-order valence-electron chi connectivity index (χ3n) is 1.09. The fraction of sp³-hybridized carbons (Fsp3) is 0.500. The Morgan fingerprint density at radius 2 is 2.38 bits per heavy atom. The molecule has 0 aliphatic carbocycles. The molecule has 1 aromatic rings. The van der Waals surface area contributed by atoms with Gasteiger partial charge < -0.3 is 10.5 Å². The maximum absolute atomic E-state index is 10.9. The normalized spacial score (nSPS) is 9.00. The minimum absolute atomic E-state index is 0. The van der Waals surface area contributed by atoms with Crippen LogP contribution in [0.4, 0.5) is 5.13 Å². The van der Waals surface area contributed by atoms with Crippen LogP contribution < -0.4 is 5.73 Å². The van der Waals surface area contributed by atoms with Gasteiger partial charge in [0, 0.05) is 11.5 Å². The lowest BCUT2D eigenvalue weighted by Crippen LogP contribution is -2.08. The molecular formula is C6H10ClN3O2S. The van der Waals surface area contributed by atoms with Crippen molar-refractivity contribution in [3.8, 4) is 0 Å². The molecule has 1 rings (SSSR count). The number of carbonyl (C=O) groups excluding carboxylic acids is 1. The summed E-state index contributed by atoms with van der Waals surface area (Å²) >= 11 is 1.07. The highest BCUT2D eigenvalue weighted by Crippen LogP contribution is 2.06. The molecule has 0 aliphatic heterocycles. The zero-order valence-corrected chi connectivity index (χ0v) is 8.65. The first-order valence-electron chi connectivity index (χ1n) is 3.46. The quantitative estimate of drug-likeness (QED) is 0.762. The number of nitrogen functional groups attached to an aromatic ring is 1. The van der Waals surface area contributed by atoms with Crippen LogP contribution >= 0.6 is 23.9 Å². The van der Waals surface area contributed by atoms with Gasteiger partial charge in [0.05, 0.1) is 6.61 Å². The molecule has 0 radical (unpaired) electrons. The molecule has 1 heterocycles. The molecule has 0 fully saturated rings. The van der Waals surface area contributed by atoms with Crippen molar-refractivity contribution in [2.24, 2.45) is 0 Å². The first kappa shape index (κ1) is 12.1. The molecular weight excluding hydrogens is 214 g/mol. The number of aromatic nitrogens is 2. The van der Waals surface area contributed by atoms with Crippen molar-refractivity contribution in [3.63, 3.8) is 0 Å². The molecule has 0 bridgehead atoms. The minimum atomic E-state index is -0.324. The average molecular weight is 224 g/mol. The lowest BCUT2D eigenvalue weighted by Gasteiger charge is -1.96. The van der Waals surface area contributed by atoms with Gasteiger partial charge in [0.2, 0.25) is 0 Å². The van der Waals surface area contributed by atoms with Gasteiger partial charge >= 0.3 is 5.97 Å². The summed E-state index contributed by atoms with van der Waals surface area (Å²) in [5.74, 6) is 0.103. The number of nitrogens with zero attached hydrogens (tertiary/aromatic N) is 2. The number of carbonyl (C=O) groups is 1. The Kier molecular flexibility index (Phi) is 5.33. The number of halogens is 1. The Morgan fingerprint density at radius 3 is 2.85 bits per heavy atom. The van der Waals surface area contributed by atoms with Crippen molar-refractivity contribution in [2.75, 3.05) is 12.3 Å². The van der Waals surface area contributed by atoms with Gasteiger partial charge in [-0.15, -0.1) is 12.4 Å². The number of rotatable bonds is 3. The first-order valence-corrected chi connectivity index (χ1v) is 4.23. The van der Waals surface area contributed by atoms with E-state index in [1.54, 1.807) is 6.92 Å². The van der Waals surface area contributed by atoms with E-state index < -0.39 is 0 Å². The van der Waals surface area contributed by atoms with Crippen molar-refractivity contribution in [3.05, 3.63) is 5.82 Å². The van der Waals surface area contributed by atoms with E-state index in [1.165, 1.54) is 0 Å². The van der Waals surface area contributed by atoms with Crippen molar-refractivity contribution in [2.45, 2.75) is 13.3 Å². The Labute approximate surface area is 85.9 Å². The summed E-state index contributed by atoms with van der Waals surface area (Å²) < 4.78 is 8.54. The second-order valence-electron chi connectivity index (χ2n) is 2.03. The molecule has 0 unspecified atom stereocenters. The van der Waals surface area contributed by atoms with Crippen molar-refractivity contribution in [1.29, 1.82) is 0 Å². The van der Waals surface area contributed by atoms with E-state index in [0.29, 0.717) is 17.6 Å². The summed E-state index contributed by atoms with van der Waals surface area (Å²) in [6.45, 7) is 2.12. The van der Waals surface area contributed by atoms with E-state index in [0.717, 1.165) is 11.5 Å². The summed E-state index contributed by atoms with van der Waals surface area (Å²) in [7, 11) is 0. The molecule has 1 aromatic heterocycles. The van der Waals surface area contributed by atoms with Gasteiger partial charge in [0.25, 0.3) is 0 Å². The molecule has 13 heavy (non-hydrogen) atoms. The number of esters is 1. The van der Waals surface area contributed by atoms with Crippen LogP contribution in [0.5, 0.6) is 0 Å². The van der Waals surface area contributed by atoms with Gasteiger partial charge in [-0.05, 0) is 6.92 Å². The SMILES string of the molecule is CCOC(=O)Cc1nsc(N)n1.Cl. The van der Waals surface area contributed by atoms with Crippen LogP contribution in [0.25, 0.3) is 0 Å². The number of nitrogens with two attached hydrogens (primary N) is 1. The molecule has 2 N–H and O–H groups in total. The van der Waals surface area contributed by atoms with Crippen molar-refractivity contribution < 1.29 is 9.53 Å². The van der Waals surface area contributed by atoms with Crippen LogP contribution in [0.3, 0.4) is 0 Å². The van der Waals surface area contributed by atoms with E-state index in [1.807, 2.05) is 0 Å². The first-order chi connectivity index (χ1) is 5.72. The van der Waals surface area contributed by atoms with Gasteiger partial charge in [0.15, 0.2) is 11.0 Å². The smallest absolute Gasteiger partial charge is 0.313 e. The van der Waals surface area contributed by atoms with E-state index in [9.17, 15) is 4.79 Å². The van der Waals surface area contributed by atoms with Crippen LogP contribution in [0.15, 0.2) is 0 Å². The fourth-order valence-electron chi connectivity index (χ4n) is 0.680. The Bertz CT molecular complexity index is 279. The lowest BCUT2D eigenvalue weighted by atomic mass is 10.4. The molecule has 0 aliphatic rings. The highest BCUT2D eigenvalue weighted by atomic mass is 35.5. The average Bonchev–Trinajstić information content (AvgIpc) is 2.36. The number of hydrogen-bond donors (Lipinski definition) is 1. The summed E-state index contributed by atoms with van der Waals surface area (Å²) in [6, 6.07) is 0. The second kappa shape index (κ2) is 5.71. The predicted octanol–water partition coefficient (Wildman–Crippen LogP) is 0.648. The second-order valence-corrected chi connectivity index (χ2v) is 2.81. The lowest BCUT2D eigenvalue weighted by molar-refractivity contribution is -0.142. The van der Waals surface area contributed by atoms with E-state index in [4.69, 9.17) is 10.5 Å². The van der Waals surface area contributed by atoms with E-state index in [-0.39, 0.29) is 24.8 Å². The topological polar surface area (TPSA) is 78.1 Å². The maximum Gasteiger partial charge on any atom is 0.313 e. The minimum Gasteiger partial charge on any atom is -0.466 e. The van der Waals surface area contributed by atoms with E-state index >= 15 is 0 Å². The number of ether oxygens (including phenoxy) is 1. The Hall–Kier alpha value is -0.880. The van der Waals surface area contributed by atoms with E-state index in [2.05, 4.69) is 9.36 Å². The zero-order valence-electron chi connectivity index (χ0n) is 7.02. The molecule has 0 saturated heterocycles. The molecule has 0 atom stereocenters. The molecule has 0 spiro atoms. The summed E-state index contributed by atoms with van der Waals surface area (Å²) in [5.41, 5.74) is 5.32. The van der Waals surface area contributed by atoms with Gasteiger partial charge in [-0.25, -0.2) is 4.98 Å². The molecule has 5 nitrogen and oxygen atoms in total. The van der Waals surface area contributed by atoms with Crippen LogP contribution in [0, 0.1) is 0 Å². The van der Waals surface area contributed by atoms with Gasteiger partial charge in [0.1, 0.15) is 6.42 Å². The highest BCUT2D eigenvalue weighted by Gasteiger charge is 2.07. The molecule has 74 valence electrons. The fourth-order valence-corrected chi connectivity index (χ4v) is 1.13. The Morgan fingerprint density at radius 1 is 1.69 bits per heavy atom. The highest BCUT2D eigenvalue weighted by molar-refractivity contribution is 7.09. The van der Waals surface area contributed by atoms with Crippen LogP contribution in [-0.4, -0.2) is 21.9 Å². The third kappa shape index (κ3) is 4.05. The molecule has 7 heteroatoms. The number of anilines is 1. The van der Waals surface area contributed by atoms with Crippen LogP contribution in [0.2, 0.25) is 0 Å². The van der Waals surface area contributed by atoms with Gasteiger partial charge in [-0.2, -0.15) is 4.37 Å². The molecule has 0 amide bonds. The van der Waals surface area contributed by atoms with Crippen LogP contribution in [-0.2, 0) is 16.0 Å². The molecule has 0 aromatic carbocycles. The van der Waals surface area contributed by atoms with Crippen molar-refractivity contribution >= 4 is 35.0 Å². The van der Waals surface area contributed by atoms with Gasteiger partial charge in [-0.1, -0.05) is 0 Å². The zero-order chi connectivity index (χ0) is 8.97.